The highest BCUT2D eigenvalue weighted by Gasteiger charge is 2.26. The number of carbonyl (C=O) groups excluding carboxylic acids is 1. The van der Waals surface area contributed by atoms with Gasteiger partial charge in [0.25, 0.3) is 5.91 Å². The van der Waals surface area contributed by atoms with Crippen molar-refractivity contribution in [1.29, 1.82) is 0 Å². The van der Waals surface area contributed by atoms with Gasteiger partial charge < -0.3 is 5.32 Å². The summed E-state index contributed by atoms with van der Waals surface area (Å²) >= 11 is 0. The van der Waals surface area contributed by atoms with E-state index in [2.05, 4.69) is 15.4 Å². The number of pyridine rings is 1. The second-order valence-corrected chi connectivity index (χ2v) is 5.56. The molecule has 0 atom stereocenters. The van der Waals surface area contributed by atoms with E-state index in [0.717, 1.165) is 41.9 Å². The molecule has 0 bridgehead atoms. The standard InChI is InChI=1S/C18H16N4O/c23-18(20-13-9-11-19-12-10-13)17-15-7-4-8-16(15)22(21-17)14-5-2-1-3-6-14/h1-3,5-6,9-12H,4,7-8H2,(H,19,20,23). The Labute approximate surface area is 134 Å². The Morgan fingerprint density at radius 1 is 1.04 bits per heavy atom. The monoisotopic (exact) mass is 304 g/mol. The number of benzene rings is 1. The molecule has 0 fully saturated rings. The number of para-hydroxylation sites is 1. The minimum atomic E-state index is -0.163. The molecule has 5 heteroatoms. The summed E-state index contributed by atoms with van der Waals surface area (Å²) < 4.78 is 1.91. The van der Waals surface area contributed by atoms with Crippen LogP contribution in [0.25, 0.3) is 5.69 Å². The summed E-state index contributed by atoms with van der Waals surface area (Å²) in [7, 11) is 0. The fraction of sp³-hybridized carbons (Fsp3) is 0.167. The van der Waals surface area contributed by atoms with E-state index in [1.165, 1.54) is 0 Å². The molecule has 0 radical (unpaired) electrons. The van der Waals surface area contributed by atoms with Crippen LogP contribution in [0, 0.1) is 0 Å². The zero-order valence-corrected chi connectivity index (χ0v) is 12.6. The van der Waals surface area contributed by atoms with Crippen molar-refractivity contribution in [3.63, 3.8) is 0 Å². The van der Waals surface area contributed by atoms with Crippen molar-refractivity contribution in [3.8, 4) is 5.69 Å². The highest BCUT2D eigenvalue weighted by Crippen LogP contribution is 2.28. The zero-order chi connectivity index (χ0) is 15.6. The summed E-state index contributed by atoms with van der Waals surface area (Å²) in [6.45, 7) is 0. The van der Waals surface area contributed by atoms with Crippen LogP contribution in [0.3, 0.4) is 0 Å². The van der Waals surface area contributed by atoms with Crippen LogP contribution in [-0.4, -0.2) is 20.7 Å². The van der Waals surface area contributed by atoms with Gasteiger partial charge in [0.1, 0.15) is 0 Å². The first-order chi connectivity index (χ1) is 11.3. The lowest BCUT2D eigenvalue weighted by atomic mass is 10.2. The molecule has 23 heavy (non-hydrogen) atoms. The van der Waals surface area contributed by atoms with E-state index in [9.17, 15) is 4.79 Å². The summed E-state index contributed by atoms with van der Waals surface area (Å²) in [4.78, 5) is 16.6. The van der Waals surface area contributed by atoms with Crippen molar-refractivity contribution < 1.29 is 4.79 Å². The molecule has 1 amide bonds. The Morgan fingerprint density at radius 2 is 1.83 bits per heavy atom. The van der Waals surface area contributed by atoms with E-state index in [4.69, 9.17) is 0 Å². The van der Waals surface area contributed by atoms with Crippen molar-refractivity contribution in [2.24, 2.45) is 0 Å². The van der Waals surface area contributed by atoms with Crippen LogP contribution in [0.15, 0.2) is 54.9 Å². The van der Waals surface area contributed by atoms with Gasteiger partial charge in [-0.1, -0.05) is 18.2 Å². The molecule has 0 unspecified atom stereocenters. The third kappa shape index (κ3) is 2.50. The van der Waals surface area contributed by atoms with Crippen LogP contribution in [0.5, 0.6) is 0 Å². The fourth-order valence-corrected chi connectivity index (χ4v) is 3.03. The van der Waals surface area contributed by atoms with Crippen LogP contribution in [0.1, 0.15) is 28.2 Å². The van der Waals surface area contributed by atoms with Gasteiger partial charge in [-0.2, -0.15) is 5.10 Å². The Hall–Kier alpha value is -2.95. The molecule has 114 valence electrons. The van der Waals surface area contributed by atoms with E-state index in [1.54, 1.807) is 24.5 Å². The average Bonchev–Trinajstić information content (AvgIpc) is 3.18. The third-order valence-electron chi connectivity index (χ3n) is 4.08. The molecular formula is C18H16N4O. The topological polar surface area (TPSA) is 59.8 Å². The van der Waals surface area contributed by atoms with Gasteiger partial charge in [0, 0.05) is 29.3 Å². The number of hydrogen-bond acceptors (Lipinski definition) is 3. The van der Waals surface area contributed by atoms with Crippen molar-refractivity contribution >= 4 is 11.6 Å². The lowest BCUT2D eigenvalue weighted by Gasteiger charge is -2.05. The minimum absolute atomic E-state index is 0.163. The molecule has 3 aromatic rings. The fourth-order valence-electron chi connectivity index (χ4n) is 3.03. The van der Waals surface area contributed by atoms with E-state index in [1.807, 2.05) is 35.0 Å². The lowest BCUT2D eigenvalue weighted by molar-refractivity contribution is 0.102. The minimum Gasteiger partial charge on any atom is -0.320 e. The SMILES string of the molecule is O=C(Nc1ccncc1)c1nn(-c2ccccc2)c2c1CCC2. The van der Waals surface area contributed by atoms with Crippen molar-refractivity contribution in [3.05, 3.63) is 71.8 Å². The van der Waals surface area contributed by atoms with Gasteiger partial charge >= 0.3 is 0 Å². The molecule has 0 aliphatic heterocycles. The number of amides is 1. The second kappa shape index (κ2) is 5.68. The van der Waals surface area contributed by atoms with Crippen LogP contribution in [0.4, 0.5) is 5.69 Å². The largest absolute Gasteiger partial charge is 0.320 e. The number of fused-ring (bicyclic) bond motifs is 1. The lowest BCUT2D eigenvalue weighted by Crippen LogP contribution is -2.14. The summed E-state index contributed by atoms with van der Waals surface area (Å²) in [5.41, 5.74) is 4.47. The Bertz CT molecular complexity index is 840. The smallest absolute Gasteiger partial charge is 0.276 e. The molecule has 0 saturated carbocycles. The predicted octanol–water partition coefficient (Wildman–Crippen LogP) is 3.01. The van der Waals surface area contributed by atoms with Crippen molar-refractivity contribution in [1.82, 2.24) is 14.8 Å². The normalized spacial score (nSPS) is 12.9. The van der Waals surface area contributed by atoms with Gasteiger partial charge in [0.15, 0.2) is 5.69 Å². The molecule has 5 nitrogen and oxygen atoms in total. The molecule has 1 aromatic carbocycles. The predicted molar refractivity (Wildman–Crippen MR) is 87.8 cm³/mol. The maximum atomic E-state index is 12.6. The summed E-state index contributed by atoms with van der Waals surface area (Å²) in [5.74, 6) is -0.163. The van der Waals surface area contributed by atoms with Crippen molar-refractivity contribution in [2.45, 2.75) is 19.3 Å². The number of rotatable bonds is 3. The first kappa shape index (κ1) is 13.7. The van der Waals surface area contributed by atoms with Gasteiger partial charge in [-0.3, -0.25) is 9.78 Å². The van der Waals surface area contributed by atoms with Crippen LogP contribution in [0.2, 0.25) is 0 Å². The van der Waals surface area contributed by atoms with Crippen LogP contribution in [-0.2, 0) is 12.8 Å². The number of nitrogens with one attached hydrogen (secondary N) is 1. The first-order valence-electron chi connectivity index (χ1n) is 7.70. The van der Waals surface area contributed by atoms with Crippen LogP contribution < -0.4 is 5.32 Å². The highest BCUT2D eigenvalue weighted by atomic mass is 16.2. The number of carbonyl (C=O) groups is 1. The molecule has 2 aromatic heterocycles. The van der Waals surface area contributed by atoms with Gasteiger partial charge in [0.05, 0.1) is 5.69 Å². The second-order valence-electron chi connectivity index (χ2n) is 5.56. The summed E-state index contributed by atoms with van der Waals surface area (Å²) in [5, 5.41) is 7.49. The average molecular weight is 304 g/mol. The first-order valence-corrected chi connectivity index (χ1v) is 7.70. The number of aromatic nitrogens is 3. The molecule has 1 aliphatic carbocycles. The molecule has 4 rings (SSSR count). The Morgan fingerprint density at radius 3 is 2.61 bits per heavy atom. The maximum Gasteiger partial charge on any atom is 0.276 e. The van der Waals surface area contributed by atoms with Gasteiger partial charge in [-0.05, 0) is 43.5 Å². The van der Waals surface area contributed by atoms with Gasteiger partial charge in [-0.15, -0.1) is 0 Å². The highest BCUT2D eigenvalue weighted by molar-refractivity contribution is 6.04. The molecular weight excluding hydrogens is 288 g/mol. The number of anilines is 1. The maximum absolute atomic E-state index is 12.6. The molecule has 0 spiro atoms. The summed E-state index contributed by atoms with van der Waals surface area (Å²) in [6.07, 6.45) is 6.24. The van der Waals surface area contributed by atoms with E-state index in [0.29, 0.717) is 5.69 Å². The molecule has 2 heterocycles. The van der Waals surface area contributed by atoms with Gasteiger partial charge in [0.2, 0.25) is 0 Å². The molecule has 1 aliphatic rings. The molecule has 1 N–H and O–H groups in total. The summed E-state index contributed by atoms with van der Waals surface area (Å²) in [6, 6.07) is 13.5. The quantitative estimate of drug-likeness (QED) is 0.809. The number of nitrogens with zero attached hydrogens (tertiary/aromatic N) is 3. The Kier molecular flexibility index (Phi) is 3.38. The van der Waals surface area contributed by atoms with Crippen molar-refractivity contribution in [2.75, 3.05) is 5.32 Å². The van der Waals surface area contributed by atoms with Crippen LogP contribution >= 0.6 is 0 Å². The van der Waals surface area contributed by atoms with Gasteiger partial charge in [-0.25, -0.2) is 4.68 Å². The van der Waals surface area contributed by atoms with E-state index < -0.39 is 0 Å². The Balaban J connectivity index is 1.71. The van der Waals surface area contributed by atoms with E-state index >= 15 is 0 Å². The molecule has 0 saturated heterocycles. The zero-order valence-electron chi connectivity index (χ0n) is 12.6. The number of hydrogen-bond donors (Lipinski definition) is 1. The van der Waals surface area contributed by atoms with E-state index in [-0.39, 0.29) is 5.91 Å². The third-order valence-corrected chi connectivity index (χ3v) is 4.08.